The number of halogens is 1. The first-order chi connectivity index (χ1) is 11.3. The summed E-state index contributed by atoms with van der Waals surface area (Å²) in [6.07, 6.45) is 0. The molecule has 1 heterocycles. The molecule has 0 amide bonds. The van der Waals surface area contributed by atoms with E-state index in [0.29, 0.717) is 22.6 Å². The van der Waals surface area contributed by atoms with E-state index in [4.69, 9.17) is 0 Å². The van der Waals surface area contributed by atoms with E-state index < -0.39 is 16.0 Å². The van der Waals surface area contributed by atoms with Crippen molar-refractivity contribution >= 4 is 54.6 Å². The van der Waals surface area contributed by atoms with Gasteiger partial charge in [-0.05, 0) is 60.1 Å². The van der Waals surface area contributed by atoms with Gasteiger partial charge in [-0.25, -0.2) is 13.2 Å². The first-order valence-electron chi connectivity index (χ1n) is 7.19. The molecule has 9 heteroatoms. The van der Waals surface area contributed by atoms with Crippen LogP contribution < -0.4 is 9.62 Å². The fourth-order valence-corrected chi connectivity index (χ4v) is 5.30. The first kappa shape index (κ1) is 18.8. The number of carboxylic acid groups (broad SMARTS) is 1. The Bertz CT molecular complexity index is 845. The van der Waals surface area contributed by atoms with Crippen LogP contribution in [0.4, 0.5) is 11.4 Å². The van der Waals surface area contributed by atoms with Gasteiger partial charge in [0.05, 0.1) is 20.7 Å². The second-order valence-corrected chi connectivity index (χ2v) is 9.25. The molecule has 0 unspecified atom stereocenters. The van der Waals surface area contributed by atoms with Crippen LogP contribution in [0.2, 0.25) is 0 Å². The molecule has 2 aromatic rings. The van der Waals surface area contributed by atoms with Crippen LogP contribution in [0.3, 0.4) is 0 Å². The minimum absolute atomic E-state index is 0.0240. The minimum atomic E-state index is -3.79. The van der Waals surface area contributed by atoms with Crippen LogP contribution in [0.1, 0.15) is 24.2 Å². The Balaban J connectivity index is 2.49. The third kappa shape index (κ3) is 4.08. The fraction of sp³-hybridized carbons (Fsp3) is 0.267. The summed E-state index contributed by atoms with van der Waals surface area (Å²) in [5.74, 6) is -1.11. The molecule has 1 aromatic carbocycles. The molecule has 0 atom stereocenters. The molecule has 24 heavy (non-hydrogen) atoms. The van der Waals surface area contributed by atoms with Crippen molar-refractivity contribution < 1.29 is 18.3 Å². The normalized spacial score (nSPS) is 11.3. The second-order valence-electron chi connectivity index (χ2n) is 4.87. The van der Waals surface area contributed by atoms with Crippen LogP contribution in [0.5, 0.6) is 0 Å². The first-order valence-corrected chi connectivity index (χ1v) is 10.3. The quantitative estimate of drug-likeness (QED) is 0.693. The van der Waals surface area contributed by atoms with Gasteiger partial charge in [-0.1, -0.05) is 0 Å². The molecule has 2 rings (SSSR count). The van der Waals surface area contributed by atoms with Gasteiger partial charge in [-0.15, -0.1) is 11.3 Å². The van der Waals surface area contributed by atoms with Crippen molar-refractivity contribution in [1.82, 2.24) is 0 Å². The average molecular weight is 433 g/mol. The van der Waals surface area contributed by atoms with Gasteiger partial charge in [-0.3, -0.25) is 4.72 Å². The van der Waals surface area contributed by atoms with E-state index in [9.17, 15) is 18.3 Å². The molecule has 0 aliphatic rings. The molecule has 0 saturated heterocycles. The lowest BCUT2D eigenvalue weighted by atomic mass is 10.1. The zero-order valence-corrected chi connectivity index (χ0v) is 16.3. The summed E-state index contributed by atoms with van der Waals surface area (Å²) in [6.45, 7) is 5.23. The van der Waals surface area contributed by atoms with Gasteiger partial charge in [-0.2, -0.15) is 0 Å². The van der Waals surface area contributed by atoms with Gasteiger partial charge in [0, 0.05) is 13.1 Å². The van der Waals surface area contributed by atoms with Crippen LogP contribution in [0.25, 0.3) is 0 Å². The zero-order chi connectivity index (χ0) is 17.9. The fourth-order valence-electron chi connectivity index (χ4n) is 2.23. The monoisotopic (exact) mass is 432 g/mol. The Kier molecular flexibility index (Phi) is 5.89. The van der Waals surface area contributed by atoms with Crippen molar-refractivity contribution in [3.8, 4) is 0 Å². The highest BCUT2D eigenvalue weighted by Gasteiger charge is 2.21. The third-order valence-electron chi connectivity index (χ3n) is 3.41. The third-order valence-corrected chi connectivity index (χ3v) is 6.89. The number of carbonyl (C=O) groups is 1. The Labute approximate surface area is 153 Å². The molecule has 0 saturated carbocycles. The van der Waals surface area contributed by atoms with Crippen LogP contribution in [0, 0.1) is 0 Å². The molecule has 0 spiro atoms. The summed E-state index contributed by atoms with van der Waals surface area (Å²) in [5, 5.41) is 9.18. The summed E-state index contributed by atoms with van der Waals surface area (Å²) >= 11 is 4.33. The SMILES string of the molecule is CCN(CC)c1ccc(C(=O)O)cc1NS(=O)(=O)c1ccc(Br)s1. The molecule has 130 valence electrons. The maximum atomic E-state index is 12.6. The topological polar surface area (TPSA) is 86.7 Å². The number of hydrogen-bond donors (Lipinski definition) is 2. The molecule has 1 aromatic heterocycles. The van der Waals surface area contributed by atoms with Gasteiger partial charge in [0.1, 0.15) is 4.21 Å². The van der Waals surface area contributed by atoms with E-state index in [0.717, 1.165) is 11.3 Å². The number of benzene rings is 1. The van der Waals surface area contributed by atoms with Gasteiger partial charge in [0.15, 0.2) is 0 Å². The Morgan fingerprint density at radius 3 is 2.42 bits per heavy atom. The number of nitrogens with one attached hydrogen (secondary N) is 1. The number of rotatable bonds is 7. The summed E-state index contributed by atoms with van der Waals surface area (Å²) < 4.78 is 28.5. The molecular formula is C15H17BrN2O4S2. The van der Waals surface area contributed by atoms with Crippen molar-refractivity contribution in [2.45, 2.75) is 18.1 Å². The Hall–Kier alpha value is -1.58. The molecule has 0 fully saturated rings. The highest BCUT2D eigenvalue weighted by atomic mass is 79.9. The van der Waals surface area contributed by atoms with E-state index in [1.165, 1.54) is 18.2 Å². The number of sulfonamides is 1. The molecule has 0 aliphatic carbocycles. The maximum absolute atomic E-state index is 12.6. The van der Waals surface area contributed by atoms with E-state index in [1.54, 1.807) is 12.1 Å². The predicted molar refractivity (Wildman–Crippen MR) is 99.8 cm³/mol. The largest absolute Gasteiger partial charge is 0.478 e. The van der Waals surface area contributed by atoms with Crippen molar-refractivity contribution in [2.75, 3.05) is 22.7 Å². The van der Waals surface area contributed by atoms with E-state index in [1.807, 2.05) is 18.7 Å². The lowest BCUT2D eigenvalue weighted by Gasteiger charge is -2.24. The standard InChI is InChI=1S/C15H17BrN2O4S2/c1-3-18(4-2)12-6-5-10(15(19)20)9-11(12)17-24(21,22)14-8-7-13(16)23-14/h5-9,17H,3-4H2,1-2H3,(H,19,20). The molecule has 0 aliphatic heterocycles. The summed E-state index contributed by atoms with van der Waals surface area (Å²) in [7, 11) is -3.79. The summed E-state index contributed by atoms with van der Waals surface area (Å²) in [6, 6.07) is 7.58. The molecule has 6 nitrogen and oxygen atoms in total. The summed E-state index contributed by atoms with van der Waals surface area (Å²) in [4.78, 5) is 13.2. The lowest BCUT2D eigenvalue weighted by Crippen LogP contribution is -2.24. The Morgan fingerprint density at radius 1 is 1.25 bits per heavy atom. The zero-order valence-electron chi connectivity index (χ0n) is 13.1. The second kappa shape index (κ2) is 7.54. The summed E-state index contributed by atoms with van der Waals surface area (Å²) in [5.41, 5.74) is 0.920. The van der Waals surface area contributed by atoms with Crippen molar-refractivity contribution in [2.24, 2.45) is 0 Å². The minimum Gasteiger partial charge on any atom is -0.478 e. The van der Waals surface area contributed by atoms with Crippen LogP contribution in [0.15, 0.2) is 38.3 Å². The highest BCUT2D eigenvalue weighted by Crippen LogP contribution is 2.32. The predicted octanol–water partition coefficient (Wildman–Crippen LogP) is 3.86. The molecule has 0 radical (unpaired) electrons. The molecular weight excluding hydrogens is 416 g/mol. The number of anilines is 2. The van der Waals surface area contributed by atoms with Gasteiger partial charge >= 0.3 is 5.97 Å². The van der Waals surface area contributed by atoms with E-state index >= 15 is 0 Å². The van der Waals surface area contributed by atoms with Gasteiger partial charge in [0.2, 0.25) is 0 Å². The number of nitrogens with zero attached hydrogens (tertiary/aromatic N) is 1. The maximum Gasteiger partial charge on any atom is 0.335 e. The van der Waals surface area contributed by atoms with E-state index in [-0.39, 0.29) is 15.5 Å². The van der Waals surface area contributed by atoms with Crippen LogP contribution in [-0.2, 0) is 10.0 Å². The number of aromatic carboxylic acids is 1. The average Bonchev–Trinajstić information content (AvgIpc) is 2.97. The lowest BCUT2D eigenvalue weighted by molar-refractivity contribution is 0.0697. The highest BCUT2D eigenvalue weighted by molar-refractivity contribution is 9.11. The number of hydrogen-bond acceptors (Lipinski definition) is 5. The van der Waals surface area contributed by atoms with Crippen molar-refractivity contribution in [3.05, 3.63) is 39.7 Å². The smallest absolute Gasteiger partial charge is 0.335 e. The van der Waals surface area contributed by atoms with Gasteiger partial charge < -0.3 is 10.0 Å². The molecule has 0 bridgehead atoms. The van der Waals surface area contributed by atoms with Crippen molar-refractivity contribution in [3.63, 3.8) is 0 Å². The van der Waals surface area contributed by atoms with Gasteiger partial charge in [0.25, 0.3) is 10.0 Å². The van der Waals surface area contributed by atoms with Crippen LogP contribution in [-0.4, -0.2) is 32.6 Å². The van der Waals surface area contributed by atoms with Crippen molar-refractivity contribution in [1.29, 1.82) is 0 Å². The number of carboxylic acids is 1. The van der Waals surface area contributed by atoms with E-state index in [2.05, 4.69) is 20.7 Å². The number of thiophene rings is 1. The van der Waals surface area contributed by atoms with Crippen LogP contribution >= 0.6 is 27.3 Å². The Morgan fingerprint density at radius 2 is 1.92 bits per heavy atom. The molecule has 2 N–H and O–H groups in total.